The molecule has 0 aliphatic carbocycles. The summed E-state index contributed by atoms with van der Waals surface area (Å²) in [6, 6.07) is 1.00. The van der Waals surface area contributed by atoms with Crippen LogP contribution in [0.25, 0.3) is 0 Å². The molecule has 0 saturated carbocycles. The molecular formula is C10H17NO. The molecule has 1 rings (SSSR count). The molecule has 1 heterocycles. The van der Waals surface area contributed by atoms with Crippen LogP contribution in [0.15, 0.2) is 0 Å². The third kappa shape index (κ3) is 2.84. The standard InChI is InChI=1S/C10H17NO/c1-3-5-9(4-2)11-10-6-7-12-8-10/h1,9-11H,4-8H2,2H3. The number of nitrogens with one attached hydrogen (secondary N) is 1. The van der Waals surface area contributed by atoms with E-state index in [0.29, 0.717) is 12.1 Å². The lowest BCUT2D eigenvalue weighted by molar-refractivity contribution is 0.187. The normalized spacial score (nSPS) is 25.2. The quantitative estimate of drug-likeness (QED) is 0.635. The van der Waals surface area contributed by atoms with Crippen molar-refractivity contribution in [3.05, 3.63) is 0 Å². The lowest BCUT2D eigenvalue weighted by atomic mass is 10.1. The second kappa shape index (κ2) is 5.18. The van der Waals surface area contributed by atoms with E-state index in [4.69, 9.17) is 11.2 Å². The third-order valence-corrected chi connectivity index (χ3v) is 2.26. The molecule has 1 N–H and O–H groups in total. The van der Waals surface area contributed by atoms with Crippen LogP contribution in [-0.2, 0) is 4.74 Å². The zero-order valence-corrected chi connectivity index (χ0v) is 7.68. The van der Waals surface area contributed by atoms with Gasteiger partial charge >= 0.3 is 0 Å². The Labute approximate surface area is 74.7 Å². The highest BCUT2D eigenvalue weighted by Crippen LogP contribution is 2.07. The average Bonchev–Trinajstić information content (AvgIpc) is 2.56. The Bertz CT molecular complexity index is 156. The Hall–Kier alpha value is -0.520. The number of hydrogen-bond donors (Lipinski definition) is 1. The minimum absolute atomic E-state index is 0.474. The van der Waals surface area contributed by atoms with Gasteiger partial charge < -0.3 is 10.1 Å². The minimum Gasteiger partial charge on any atom is -0.380 e. The second-order valence-corrected chi connectivity index (χ2v) is 3.24. The molecule has 1 fully saturated rings. The van der Waals surface area contributed by atoms with Crippen LogP contribution in [0.1, 0.15) is 26.2 Å². The maximum Gasteiger partial charge on any atom is 0.0620 e. The molecule has 0 aromatic rings. The predicted molar refractivity (Wildman–Crippen MR) is 49.9 cm³/mol. The van der Waals surface area contributed by atoms with Crippen molar-refractivity contribution in [3.63, 3.8) is 0 Å². The Morgan fingerprint density at radius 3 is 3.08 bits per heavy atom. The van der Waals surface area contributed by atoms with Gasteiger partial charge in [0.2, 0.25) is 0 Å². The van der Waals surface area contributed by atoms with Crippen molar-refractivity contribution in [2.24, 2.45) is 0 Å². The Balaban J connectivity index is 2.21. The van der Waals surface area contributed by atoms with Crippen molar-refractivity contribution in [1.82, 2.24) is 5.32 Å². The fourth-order valence-electron chi connectivity index (χ4n) is 1.46. The summed E-state index contributed by atoms with van der Waals surface area (Å²) in [5, 5.41) is 3.50. The molecule has 2 atom stereocenters. The second-order valence-electron chi connectivity index (χ2n) is 3.24. The topological polar surface area (TPSA) is 21.3 Å². The summed E-state index contributed by atoms with van der Waals surface area (Å²) in [5.74, 6) is 2.69. The monoisotopic (exact) mass is 167 g/mol. The summed E-state index contributed by atoms with van der Waals surface area (Å²) in [7, 11) is 0. The molecule has 0 bridgehead atoms. The molecule has 1 aliphatic heterocycles. The fourth-order valence-corrected chi connectivity index (χ4v) is 1.46. The number of hydrogen-bond acceptors (Lipinski definition) is 2. The summed E-state index contributed by atoms with van der Waals surface area (Å²) in [5.41, 5.74) is 0. The fraction of sp³-hybridized carbons (Fsp3) is 0.800. The largest absolute Gasteiger partial charge is 0.380 e. The molecule has 2 nitrogen and oxygen atoms in total. The summed E-state index contributed by atoms with van der Waals surface area (Å²) < 4.78 is 5.27. The Morgan fingerprint density at radius 2 is 2.58 bits per heavy atom. The Kier molecular flexibility index (Phi) is 4.13. The van der Waals surface area contributed by atoms with E-state index in [9.17, 15) is 0 Å². The molecule has 2 heteroatoms. The SMILES string of the molecule is C#CCC(CC)NC1CCOC1. The van der Waals surface area contributed by atoms with Crippen molar-refractivity contribution >= 4 is 0 Å². The highest BCUT2D eigenvalue weighted by Gasteiger charge is 2.17. The smallest absolute Gasteiger partial charge is 0.0620 e. The van der Waals surface area contributed by atoms with Crippen LogP contribution in [0.2, 0.25) is 0 Å². The lowest BCUT2D eigenvalue weighted by Gasteiger charge is -2.18. The maximum atomic E-state index is 5.27. The van der Waals surface area contributed by atoms with Gasteiger partial charge in [0.1, 0.15) is 0 Å². The molecule has 0 aromatic heterocycles. The molecule has 0 radical (unpaired) electrons. The third-order valence-electron chi connectivity index (χ3n) is 2.26. The van der Waals surface area contributed by atoms with Crippen LogP contribution in [0.4, 0.5) is 0 Å². The van der Waals surface area contributed by atoms with Crippen LogP contribution in [0.3, 0.4) is 0 Å². The molecule has 1 aliphatic rings. The molecule has 12 heavy (non-hydrogen) atoms. The molecular weight excluding hydrogens is 150 g/mol. The zero-order chi connectivity index (χ0) is 8.81. The van der Waals surface area contributed by atoms with Crippen molar-refractivity contribution in [1.29, 1.82) is 0 Å². The molecule has 0 aromatic carbocycles. The Morgan fingerprint density at radius 1 is 1.75 bits per heavy atom. The van der Waals surface area contributed by atoms with E-state index in [0.717, 1.165) is 32.5 Å². The van der Waals surface area contributed by atoms with Gasteiger partial charge in [-0.25, -0.2) is 0 Å². The predicted octanol–water partition coefficient (Wildman–Crippen LogP) is 1.17. The van der Waals surface area contributed by atoms with Gasteiger partial charge in [0.15, 0.2) is 0 Å². The van der Waals surface area contributed by atoms with Crippen LogP contribution >= 0.6 is 0 Å². The lowest BCUT2D eigenvalue weighted by Crippen LogP contribution is -2.38. The van der Waals surface area contributed by atoms with Crippen LogP contribution in [-0.4, -0.2) is 25.3 Å². The van der Waals surface area contributed by atoms with Crippen molar-refractivity contribution in [2.45, 2.75) is 38.3 Å². The van der Waals surface area contributed by atoms with Crippen molar-refractivity contribution < 1.29 is 4.74 Å². The van der Waals surface area contributed by atoms with Crippen LogP contribution < -0.4 is 5.32 Å². The summed E-state index contributed by atoms with van der Waals surface area (Å²) in [6.07, 6.45) is 8.31. The van der Waals surface area contributed by atoms with Crippen LogP contribution in [0.5, 0.6) is 0 Å². The summed E-state index contributed by atoms with van der Waals surface area (Å²) >= 11 is 0. The average molecular weight is 167 g/mol. The van der Waals surface area contributed by atoms with E-state index >= 15 is 0 Å². The maximum absolute atomic E-state index is 5.27. The zero-order valence-electron chi connectivity index (χ0n) is 7.68. The van der Waals surface area contributed by atoms with E-state index < -0.39 is 0 Å². The summed E-state index contributed by atoms with van der Waals surface area (Å²) in [4.78, 5) is 0. The molecule has 0 spiro atoms. The van der Waals surface area contributed by atoms with Gasteiger partial charge in [-0.3, -0.25) is 0 Å². The first-order chi connectivity index (χ1) is 5.86. The van der Waals surface area contributed by atoms with Crippen molar-refractivity contribution in [2.75, 3.05) is 13.2 Å². The summed E-state index contributed by atoms with van der Waals surface area (Å²) in [6.45, 7) is 3.90. The highest BCUT2D eigenvalue weighted by atomic mass is 16.5. The van der Waals surface area contributed by atoms with Crippen LogP contribution in [0, 0.1) is 12.3 Å². The first kappa shape index (κ1) is 9.57. The van der Waals surface area contributed by atoms with Gasteiger partial charge in [-0.1, -0.05) is 6.92 Å². The van der Waals surface area contributed by atoms with Gasteiger partial charge in [-0.15, -0.1) is 12.3 Å². The molecule has 2 unspecified atom stereocenters. The minimum atomic E-state index is 0.474. The molecule has 1 saturated heterocycles. The van der Waals surface area contributed by atoms with Crippen molar-refractivity contribution in [3.8, 4) is 12.3 Å². The van der Waals surface area contributed by atoms with E-state index in [1.165, 1.54) is 0 Å². The first-order valence-corrected chi connectivity index (χ1v) is 4.64. The number of terminal acetylenes is 1. The highest BCUT2D eigenvalue weighted by molar-refractivity contribution is 4.90. The van der Waals surface area contributed by atoms with Gasteiger partial charge in [0, 0.05) is 25.1 Å². The molecule has 68 valence electrons. The van der Waals surface area contributed by atoms with E-state index in [1.54, 1.807) is 0 Å². The van der Waals surface area contributed by atoms with Gasteiger partial charge in [-0.2, -0.15) is 0 Å². The van der Waals surface area contributed by atoms with Gasteiger partial charge in [0.25, 0.3) is 0 Å². The number of ether oxygens (including phenoxy) is 1. The van der Waals surface area contributed by atoms with Gasteiger partial charge in [0.05, 0.1) is 6.61 Å². The number of rotatable bonds is 4. The van der Waals surface area contributed by atoms with E-state index in [1.807, 2.05) is 0 Å². The molecule has 0 amide bonds. The van der Waals surface area contributed by atoms with E-state index in [-0.39, 0.29) is 0 Å². The first-order valence-electron chi connectivity index (χ1n) is 4.64. The van der Waals surface area contributed by atoms with Gasteiger partial charge in [-0.05, 0) is 12.8 Å². The van der Waals surface area contributed by atoms with E-state index in [2.05, 4.69) is 18.2 Å².